The molecule has 0 saturated heterocycles. The minimum Gasteiger partial charge on any atom is -0.465 e. The lowest BCUT2D eigenvalue weighted by molar-refractivity contribution is 0.0601. The fourth-order valence-electron chi connectivity index (χ4n) is 1.60. The molecule has 0 fully saturated rings. The van der Waals surface area contributed by atoms with Crippen LogP contribution in [0.5, 0.6) is 0 Å². The molecule has 0 amide bonds. The lowest BCUT2D eigenvalue weighted by atomic mass is 10.2. The number of esters is 1. The molecule has 4 nitrogen and oxygen atoms in total. The van der Waals surface area contributed by atoms with E-state index in [1.807, 2.05) is 25.1 Å². The van der Waals surface area contributed by atoms with Crippen LogP contribution >= 0.6 is 15.9 Å². The molecule has 0 bridgehead atoms. The van der Waals surface area contributed by atoms with Crippen molar-refractivity contribution >= 4 is 33.4 Å². The summed E-state index contributed by atoms with van der Waals surface area (Å²) in [7, 11) is 1.36. The minimum absolute atomic E-state index is 0.358. The number of hydrogen-bond donors (Lipinski definition) is 1. The molecule has 19 heavy (non-hydrogen) atoms. The van der Waals surface area contributed by atoms with Crippen molar-refractivity contribution in [2.24, 2.45) is 0 Å². The number of hydrogen-bond acceptors (Lipinski definition) is 4. The third-order valence-corrected chi connectivity index (χ3v) is 3.42. The second kappa shape index (κ2) is 5.84. The largest absolute Gasteiger partial charge is 0.465 e. The van der Waals surface area contributed by atoms with Gasteiger partial charge in [-0.05, 0) is 53.2 Å². The molecule has 1 aromatic heterocycles. The van der Waals surface area contributed by atoms with Gasteiger partial charge in [-0.25, -0.2) is 9.78 Å². The fraction of sp³-hybridized carbons (Fsp3) is 0.143. The quantitative estimate of drug-likeness (QED) is 0.876. The summed E-state index contributed by atoms with van der Waals surface area (Å²) in [6, 6.07) is 10.9. The zero-order valence-corrected chi connectivity index (χ0v) is 12.2. The van der Waals surface area contributed by atoms with Gasteiger partial charge in [0.2, 0.25) is 0 Å². The normalized spacial score (nSPS) is 10.1. The standard InChI is InChI=1S/C14H13BrN2O2/c1-9-12(15)6-7-13(16-9)17-11-5-3-4-10(8-11)14(18)19-2/h3-8H,1-2H3,(H,16,17). The molecule has 1 N–H and O–H groups in total. The van der Waals surface area contributed by atoms with Crippen LogP contribution in [0.15, 0.2) is 40.9 Å². The van der Waals surface area contributed by atoms with Crippen LogP contribution in [0.4, 0.5) is 11.5 Å². The summed E-state index contributed by atoms with van der Waals surface area (Å²) < 4.78 is 5.65. The fourth-order valence-corrected chi connectivity index (χ4v) is 1.82. The number of benzene rings is 1. The number of carbonyl (C=O) groups excluding carboxylic acids is 1. The lowest BCUT2D eigenvalue weighted by Crippen LogP contribution is -2.02. The minimum atomic E-state index is -0.358. The van der Waals surface area contributed by atoms with Crippen LogP contribution in [-0.2, 0) is 4.74 Å². The Labute approximate surface area is 119 Å². The van der Waals surface area contributed by atoms with Gasteiger partial charge < -0.3 is 10.1 Å². The second-order valence-electron chi connectivity index (χ2n) is 3.96. The molecular formula is C14H13BrN2O2. The van der Waals surface area contributed by atoms with E-state index in [0.717, 1.165) is 21.7 Å². The van der Waals surface area contributed by atoms with Gasteiger partial charge in [-0.2, -0.15) is 0 Å². The summed E-state index contributed by atoms with van der Waals surface area (Å²) in [4.78, 5) is 15.8. The zero-order chi connectivity index (χ0) is 13.8. The van der Waals surface area contributed by atoms with Crippen molar-refractivity contribution in [3.63, 3.8) is 0 Å². The van der Waals surface area contributed by atoms with E-state index in [2.05, 4.69) is 31.0 Å². The van der Waals surface area contributed by atoms with Crippen LogP contribution in [-0.4, -0.2) is 18.1 Å². The van der Waals surface area contributed by atoms with Crippen molar-refractivity contribution in [1.29, 1.82) is 0 Å². The number of aromatic nitrogens is 1. The first kappa shape index (κ1) is 13.5. The van der Waals surface area contributed by atoms with Gasteiger partial charge in [0.15, 0.2) is 0 Å². The van der Waals surface area contributed by atoms with E-state index in [-0.39, 0.29) is 5.97 Å². The predicted octanol–water partition coefficient (Wildman–Crippen LogP) is 3.68. The zero-order valence-electron chi connectivity index (χ0n) is 10.6. The number of pyridine rings is 1. The number of nitrogens with zero attached hydrogens (tertiary/aromatic N) is 1. The molecule has 2 rings (SSSR count). The monoisotopic (exact) mass is 320 g/mol. The van der Waals surface area contributed by atoms with Gasteiger partial charge in [0, 0.05) is 10.2 Å². The first-order chi connectivity index (χ1) is 9.10. The average Bonchev–Trinajstić information content (AvgIpc) is 2.42. The number of halogens is 1. The van der Waals surface area contributed by atoms with Crippen molar-refractivity contribution in [2.75, 3.05) is 12.4 Å². The summed E-state index contributed by atoms with van der Waals surface area (Å²) in [6.45, 7) is 1.92. The summed E-state index contributed by atoms with van der Waals surface area (Å²) in [5.74, 6) is 0.367. The Hall–Kier alpha value is -1.88. The molecule has 5 heteroatoms. The molecule has 0 saturated carbocycles. The van der Waals surface area contributed by atoms with Crippen LogP contribution in [0.25, 0.3) is 0 Å². The molecular weight excluding hydrogens is 308 g/mol. The highest BCUT2D eigenvalue weighted by Gasteiger charge is 2.06. The molecule has 1 aromatic carbocycles. The summed E-state index contributed by atoms with van der Waals surface area (Å²) >= 11 is 3.40. The van der Waals surface area contributed by atoms with Crippen LogP contribution in [0, 0.1) is 6.92 Å². The molecule has 0 aliphatic rings. The molecule has 0 radical (unpaired) electrons. The first-order valence-corrected chi connectivity index (χ1v) is 6.48. The van der Waals surface area contributed by atoms with Crippen LogP contribution in [0.1, 0.15) is 16.1 Å². The number of ether oxygens (including phenoxy) is 1. The Morgan fingerprint density at radius 2 is 2.11 bits per heavy atom. The Balaban J connectivity index is 2.23. The summed E-state index contributed by atoms with van der Waals surface area (Å²) in [5, 5.41) is 3.15. The summed E-state index contributed by atoms with van der Waals surface area (Å²) in [6.07, 6.45) is 0. The third-order valence-electron chi connectivity index (χ3n) is 2.58. The third kappa shape index (κ3) is 3.32. The van der Waals surface area contributed by atoms with E-state index in [9.17, 15) is 4.79 Å². The highest BCUT2D eigenvalue weighted by atomic mass is 79.9. The van der Waals surface area contributed by atoms with Gasteiger partial charge in [0.1, 0.15) is 5.82 Å². The molecule has 98 valence electrons. The van der Waals surface area contributed by atoms with Crippen molar-refractivity contribution in [3.05, 3.63) is 52.1 Å². The Morgan fingerprint density at radius 3 is 2.79 bits per heavy atom. The summed E-state index contributed by atoms with van der Waals surface area (Å²) in [5.41, 5.74) is 2.19. The second-order valence-corrected chi connectivity index (χ2v) is 4.82. The molecule has 0 unspecified atom stereocenters. The van der Waals surface area contributed by atoms with Crippen LogP contribution in [0.3, 0.4) is 0 Å². The number of nitrogens with one attached hydrogen (secondary N) is 1. The van der Waals surface area contributed by atoms with E-state index in [4.69, 9.17) is 0 Å². The smallest absolute Gasteiger partial charge is 0.337 e. The number of aryl methyl sites for hydroxylation is 1. The Kier molecular flexibility index (Phi) is 4.16. The lowest BCUT2D eigenvalue weighted by Gasteiger charge is -2.08. The molecule has 2 aromatic rings. The van der Waals surface area contributed by atoms with Crippen molar-refractivity contribution in [2.45, 2.75) is 6.92 Å². The van der Waals surface area contributed by atoms with Crippen LogP contribution < -0.4 is 5.32 Å². The van der Waals surface area contributed by atoms with Crippen LogP contribution in [0.2, 0.25) is 0 Å². The van der Waals surface area contributed by atoms with Gasteiger partial charge in [-0.1, -0.05) is 6.07 Å². The number of methoxy groups -OCH3 is 1. The number of carbonyl (C=O) groups is 1. The first-order valence-electron chi connectivity index (χ1n) is 5.68. The topological polar surface area (TPSA) is 51.2 Å². The van der Waals surface area contributed by atoms with Crippen molar-refractivity contribution in [3.8, 4) is 0 Å². The van der Waals surface area contributed by atoms with Gasteiger partial charge in [0.05, 0.1) is 18.4 Å². The predicted molar refractivity (Wildman–Crippen MR) is 77.7 cm³/mol. The number of rotatable bonds is 3. The maximum absolute atomic E-state index is 11.4. The SMILES string of the molecule is COC(=O)c1cccc(Nc2ccc(Br)c(C)n2)c1. The van der Waals surface area contributed by atoms with Crippen molar-refractivity contribution < 1.29 is 9.53 Å². The molecule has 0 spiro atoms. The molecule has 0 aliphatic carbocycles. The molecule has 1 heterocycles. The van der Waals surface area contributed by atoms with E-state index in [0.29, 0.717) is 5.56 Å². The van der Waals surface area contributed by atoms with Gasteiger partial charge in [-0.15, -0.1) is 0 Å². The number of anilines is 2. The van der Waals surface area contributed by atoms with Crippen molar-refractivity contribution in [1.82, 2.24) is 4.98 Å². The van der Waals surface area contributed by atoms with Gasteiger partial charge in [0.25, 0.3) is 0 Å². The van der Waals surface area contributed by atoms with E-state index in [1.165, 1.54) is 7.11 Å². The van der Waals surface area contributed by atoms with E-state index < -0.39 is 0 Å². The Bertz CT molecular complexity index is 614. The molecule has 0 atom stereocenters. The van der Waals surface area contributed by atoms with E-state index in [1.54, 1.807) is 18.2 Å². The average molecular weight is 321 g/mol. The van der Waals surface area contributed by atoms with Gasteiger partial charge >= 0.3 is 5.97 Å². The van der Waals surface area contributed by atoms with E-state index >= 15 is 0 Å². The molecule has 0 aliphatic heterocycles. The Morgan fingerprint density at radius 1 is 1.32 bits per heavy atom. The van der Waals surface area contributed by atoms with Gasteiger partial charge in [-0.3, -0.25) is 0 Å². The maximum atomic E-state index is 11.4. The highest BCUT2D eigenvalue weighted by Crippen LogP contribution is 2.20. The maximum Gasteiger partial charge on any atom is 0.337 e. The highest BCUT2D eigenvalue weighted by molar-refractivity contribution is 9.10.